The number of halogens is 2. The highest BCUT2D eigenvalue weighted by Crippen LogP contribution is 2.20. The molecule has 2 fully saturated rings. The molecule has 156 valence electrons. The lowest BCUT2D eigenvalue weighted by Crippen LogP contribution is -3.15. The van der Waals surface area contributed by atoms with Gasteiger partial charge in [-0.1, -0.05) is 19.3 Å². The molecule has 0 radical (unpaired) electrons. The third-order valence-corrected chi connectivity index (χ3v) is 7.46. The zero-order valence-electron chi connectivity index (χ0n) is 16.0. The number of piperazine rings is 1. The zero-order valence-corrected chi connectivity index (χ0v) is 16.8. The van der Waals surface area contributed by atoms with Crippen LogP contribution in [0.5, 0.6) is 0 Å². The molecule has 1 N–H and O–H groups in total. The average molecular weight is 417 g/mol. The number of rotatable bonds is 4. The quantitative estimate of drug-likeness (QED) is 0.784. The molecule has 0 unspecified atom stereocenters. The van der Waals surface area contributed by atoms with E-state index < -0.39 is 26.6 Å². The molecule has 2 heterocycles. The fraction of sp³-hybridized carbons (Fsp3) is 0.632. The summed E-state index contributed by atoms with van der Waals surface area (Å²) in [5.74, 6) is -1.63. The van der Waals surface area contributed by atoms with Gasteiger partial charge in [0.15, 0.2) is 6.54 Å². The monoisotopic (exact) mass is 416 g/mol. The van der Waals surface area contributed by atoms with E-state index in [1.54, 1.807) is 0 Å². The van der Waals surface area contributed by atoms with Crippen molar-refractivity contribution < 1.29 is 26.9 Å². The molecule has 28 heavy (non-hydrogen) atoms. The van der Waals surface area contributed by atoms with Crippen LogP contribution >= 0.6 is 0 Å². The van der Waals surface area contributed by atoms with Gasteiger partial charge in [-0.2, -0.15) is 4.31 Å². The number of quaternary nitrogens is 1. The Bertz CT molecular complexity index is 788. The Morgan fingerprint density at radius 2 is 1.57 bits per heavy atom. The first kappa shape index (κ1) is 21.1. The van der Waals surface area contributed by atoms with Gasteiger partial charge in [0.1, 0.15) is 16.5 Å². The van der Waals surface area contributed by atoms with Crippen molar-refractivity contribution in [1.29, 1.82) is 0 Å². The molecule has 0 aromatic heterocycles. The van der Waals surface area contributed by atoms with E-state index in [-0.39, 0.29) is 19.0 Å². The summed E-state index contributed by atoms with van der Waals surface area (Å²) in [5, 5.41) is 0. The molecule has 6 nitrogen and oxygen atoms in total. The van der Waals surface area contributed by atoms with E-state index in [9.17, 15) is 22.0 Å². The normalized spacial score (nSPS) is 20.6. The van der Waals surface area contributed by atoms with Crippen molar-refractivity contribution in [2.24, 2.45) is 0 Å². The lowest BCUT2D eigenvalue weighted by Gasteiger charge is -2.33. The van der Waals surface area contributed by atoms with Gasteiger partial charge in [-0.05, 0) is 31.0 Å². The van der Waals surface area contributed by atoms with Crippen molar-refractivity contribution in [3.63, 3.8) is 0 Å². The maximum Gasteiger partial charge on any atom is 0.277 e. The van der Waals surface area contributed by atoms with E-state index in [4.69, 9.17) is 0 Å². The zero-order chi connectivity index (χ0) is 20.1. The lowest BCUT2D eigenvalue weighted by atomic mass is 10.1. The Morgan fingerprint density at radius 3 is 2.21 bits per heavy atom. The minimum absolute atomic E-state index is 0.115. The molecule has 0 spiro atoms. The number of hydrogen-bond donors (Lipinski definition) is 1. The van der Waals surface area contributed by atoms with E-state index in [1.165, 1.54) is 10.7 Å². The second-order valence-electron chi connectivity index (χ2n) is 7.55. The Labute approximate surface area is 165 Å². The number of likely N-dealkylation sites (tertiary alicyclic amines) is 1. The smallest absolute Gasteiger partial charge is 0.277 e. The first-order valence-electron chi connectivity index (χ1n) is 9.94. The topological polar surface area (TPSA) is 62.1 Å². The molecule has 2 aliphatic rings. The summed E-state index contributed by atoms with van der Waals surface area (Å²) in [4.78, 5) is 14.9. The van der Waals surface area contributed by atoms with Crippen LogP contribution in [0.1, 0.15) is 32.1 Å². The van der Waals surface area contributed by atoms with Crippen LogP contribution in [0, 0.1) is 11.6 Å². The first-order valence-corrected chi connectivity index (χ1v) is 11.4. The Morgan fingerprint density at radius 1 is 0.964 bits per heavy atom. The number of benzene rings is 1. The fourth-order valence-corrected chi connectivity index (χ4v) is 5.37. The van der Waals surface area contributed by atoms with Gasteiger partial charge >= 0.3 is 0 Å². The van der Waals surface area contributed by atoms with Crippen molar-refractivity contribution in [2.45, 2.75) is 37.0 Å². The van der Waals surface area contributed by atoms with Gasteiger partial charge in [0, 0.05) is 13.1 Å². The first-order chi connectivity index (χ1) is 13.4. The minimum Gasteiger partial charge on any atom is -0.338 e. The highest BCUT2D eigenvalue weighted by atomic mass is 32.2. The molecule has 1 aromatic carbocycles. The summed E-state index contributed by atoms with van der Waals surface area (Å²) >= 11 is 0. The molecule has 0 bridgehead atoms. The van der Waals surface area contributed by atoms with Gasteiger partial charge in [-0.25, -0.2) is 17.2 Å². The molecule has 1 aromatic rings. The Kier molecular flexibility index (Phi) is 7.00. The van der Waals surface area contributed by atoms with E-state index in [0.717, 1.165) is 61.9 Å². The van der Waals surface area contributed by atoms with E-state index >= 15 is 0 Å². The SMILES string of the molecule is O=C(C[NH+]1CCN(S(=O)(=O)c2cc(F)ccc2F)CC1)N1CCCCCCC1. The van der Waals surface area contributed by atoms with Gasteiger partial charge in [0.05, 0.1) is 26.2 Å². The summed E-state index contributed by atoms with van der Waals surface area (Å²) in [6.45, 7) is 3.24. The molecule has 2 saturated heterocycles. The molecule has 0 saturated carbocycles. The maximum atomic E-state index is 13.9. The van der Waals surface area contributed by atoms with Crippen LogP contribution in [0.25, 0.3) is 0 Å². The summed E-state index contributed by atoms with van der Waals surface area (Å²) in [5.41, 5.74) is 0. The van der Waals surface area contributed by atoms with Gasteiger partial charge < -0.3 is 9.80 Å². The number of sulfonamides is 1. The number of hydrogen-bond acceptors (Lipinski definition) is 3. The number of carbonyl (C=O) groups is 1. The molecule has 3 rings (SSSR count). The summed E-state index contributed by atoms with van der Waals surface area (Å²) < 4.78 is 53.8. The van der Waals surface area contributed by atoms with Crippen LogP contribution in [-0.4, -0.2) is 69.3 Å². The third kappa shape index (κ3) is 5.07. The van der Waals surface area contributed by atoms with Gasteiger partial charge in [0.25, 0.3) is 5.91 Å². The van der Waals surface area contributed by atoms with E-state index in [0.29, 0.717) is 19.6 Å². The van der Waals surface area contributed by atoms with Crippen LogP contribution in [0.15, 0.2) is 23.1 Å². The molecule has 2 aliphatic heterocycles. The van der Waals surface area contributed by atoms with Gasteiger partial charge in [-0.3, -0.25) is 4.79 Å². The van der Waals surface area contributed by atoms with Crippen LogP contribution < -0.4 is 4.90 Å². The van der Waals surface area contributed by atoms with Crippen molar-refractivity contribution in [3.05, 3.63) is 29.8 Å². The van der Waals surface area contributed by atoms with Crippen LogP contribution in [0.3, 0.4) is 0 Å². The number of nitrogens with zero attached hydrogens (tertiary/aromatic N) is 2. The van der Waals surface area contributed by atoms with E-state index in [1.807, 2.05) is 4.90 Å². The largest absolute Gasteiger partial charge is 0.338 e. The number of nitrogens with one attached hydrogen (secondary N) is 1. The van der Waals surface area contributed by atoms with Gasteiger partial charge in [-0.15, -0.1) is 0 Å². The second kappa shape index (κ2) is 9.28. The minimum atomic E-state index is -4.09. The van der Waals surface area contributed by atoms with Crippen molar-refractivity contribution >= 4 is 15.9 Å². The second-order valence-corrected chi connectivity index (χ2v) is 9.46. The Hall–Kier alpha value is -1.58. The van der Waals surface area contributed by atoms with Gasteiger partial charge in [0.2, 0.25) is 10.0 Å². The van der Waals surface area contributed by atoms with E-state index in [2.05, 4.69) is 0 Å². The highest BCUT2D eigenvalue weighted by Gasteiger charge is 2.33. The van der Waals surface area contributed by atoms with Crippen molar-refractivity contribution in [1.82, 2.24) is 9.21 Å². The lowest BCUT2D eigenvalue weighted by molar-refractivity contribution is -0.896. The summed E-state index contributed by atoms with van der Waals surface area (Å²) in [7, 11) is -4.09. The molecular formula is C19H28F2N3O3S+. The van der Waals surface area contributed by atoms with Crippen molar-refractivity contribution in [3.8, 4) is 0 Å². The highest BCUT2D eigenvalue weighted by molar-refractivity contribution is 7.89. The molecular weight excluding hydrogens is 388 g/mol. The molecule has 9 heteroatoms. The molecule has 0 atom stereocenters. The average Bonchev–Trinajstić information content (AvgIpc) is 2.63. The molecule has 0 aliphatic carbocycles. The Balaban J connectivity index is 1.56. The fourth-order valence-electron chi connectivity index (χ4n) is 3.86. The van der Waals surface area contributed by atoms with Crippen molar-refractivity contribution in [2.75, 3.05) is 45.8 Å². The number of amides is 1. The van der Waals surface area contributed by atoms with Crippen LogP contribution in [-0.2, 0) is 14.8 Å². The standard InChI is InChI=1S/C19H27F2N3O3S/c20-16-6-7-17(21)18(14-16)28(26,27)24-12-10-22(11-13-24)15-19(25)23-8-4-2-1-3-5-9-23/h6-7,14H,1-5,8-13,15H2/p+1. The number of carbonyl (C=O) groups excluding carboxylic acids is 1. The third-order valence-electron chi connectivity index (χ3n) is 5.55. The molecule has 1 amide bonds. The van der Waals surface area contributed by atoms with Crippen LogP contribution in [0.2, 0.25) is 0 Å². The summed E-state index contributed by atoms with van der Waals surface area (Å²) in [6.07, 6.45) is 5.61. The predicted molar refractivity (Wildman–Crippen MR) is 100 cm³/mol. The predicted octanol–water partition coefficient (Wildman–Crippen LogP) is 0.647. The summed E-state index contributed by atoms with van der Waals surface area (Å²) in [6, 6.07) is 2.44. The van der Waals surface area contributed by atoms with Crippen LogP contribution in [0.4, 0.5) is 8.78 Å². The maximum absolute atomic E-state index is 13.9.